The Bertz CT molecular complexity index is 124. The zero-order chi connectivity index (χ0) is 8.15. The molecule has 0 amide bonds. The molecule has 0 radical (unpaired) electrons. The maximum absolute atomic E-state index is 10.5. The monoisotopic (exact) mass is 148 g/mol. The summed E-state index contributed by atoms with van der Waals surface area (Å²) in [4.78, 5) is 0.102. The molecule has 5 heteroatoms. The van der Waals surface area contributed by atoms with Gasteiger partial charge in [-0.1, -0.05) is 18.7 Å². The SMILES string of the molecule is CC(C)C(CO)[N+]([O-])=NO. The van der Waals surface area contributed by atoms with Crippen molar-refractivity contribution < 1.29 is 15.2 Å². The van der Waals surface area contributed by atoms with E-state index in [1.807, 2.05) is 0 Å². The number of aliphatic hydroxyl groups is 1. The van der Waals surface area contributed by atoms with Crippen LogP contribution in [0.1, 0.15) is 13.8 Å². The van der Waals surface area contributed by atoms with Crippen molar-refractivity contribution in [1.82, 2.24) is 0 Å². The molecule has 0 aliphatic carbocycles. The summed E-state index contributed by atoms with van der Waals surface area (Å²) >= 11 is 0. The first kappa shape index (κ1) is 9.16. The van der Waals surface area contributed by atoms with Gasteiger partial charge < -0.3 is 15.5 Å². The molecule has 0 spiro atoms. The van der Waals surface area contributed by atoms with Gasteiger partial charge in [0.05, 0.1) is 0 Å². The predicted molar refractivity (Wildman–Crippen MR) is 33.6 cm³/mol. The molecule has 0 saturated carbocycles. The van der Waals surface area contributed by atoms with Crippen LogP contribution in [0, 0.1) is 11.1 Å². The van der Waals surface area contributed by atoms with Crippen molar-refractivity contribution >= 4 is 0 Å². The molecule has 0 saturated heterocycles. The van der Waals surface area contributed by atoms with Gasteiger partial charge >= 0.3 is 0 Å². The summed E-state index contributed by atoms with van der Waals surface area (Å²) in [6.45, 7) is 3.22. The molecule has 10 heavy (non-hydrogen) atoms. The highest BCUT2D eigenvalue weighted by atomic mass is 16.6. The summed E-state index contributed by atoms with van der Waals surface area (Å²) in [5.74, 6) is -0.0293. The maximum atomic E-state index is 10.5. The van der Waals surface area contributed by atoms with Crippen molar-refractivity contribution in [1.29, 1.82) is 0 Å². The van der Waals surface area contributed by atoms with E-state index in [0.29, 0.717) is 0 Å². The smallest absolute Gasteiger partial charge is 0.218 e. The summed E-state index contributed by atoms with van der Waals surface area (Å²) in [5, 5.41) is 29.5. The summed E-state index contributed by atoms with van der Waals surface area (Å²) in [7, 11) is 0. The first-order valence-corrected chi connectivity index (χ1v) is 3.05. The summed E-state index contributed by atoms with van der Waals surface area (Å²) in [6.07, 6.45) is 0. The standard InChI is InChI=1S/C5H12N2O3/c1-4(2)5(3-8)7(10)6-9/h4-5,8-9H,3H2,1-2H3. The van der Waals surface area contributed by atoms with Crippen molar-refractivity contribution in [3.05, 3.63) is 5.21 Å². The minimum Gasteiger partial charge on any atom is -0.597 e. The second kappa shape index (κ2) is 4.05. The number of nitrogens with zero attached hydrogens (tertiary/aromatic N) is 2. The van der Waals surface area contributed by atoms with E-state index in [4.69, 9.17) is 10.3 Å². The van der Waals surface area contributed by atoms with Gasteiger partial charge in [0.2, 0.25) is 6.04 Å². The van der Waals surface area contributed by atoms with E-state index < -0.39 is 6.04 Å². The van der Waals surface area contributed by atoms with Crippen LogP contribution in [-0.4, -0.2) is 27.8 Å². The van der Waals surface area contributed by atoms with E-state index in [9.17, 15) is 5.21 Å². The van der Waals surface area contributed by atoms with E-state index >= 15 is 0 Å². The molecule has 1 atom stereocenters. The summed E-state index contributed by atoms with van der Waals surface area (Å²) in [5.41, 5.74) is 0. The van der Waals surface area contributed by atoms with Crippen LogP contribution in [0.4, 0.5) is 0 Å². The number of hydrogen-bond acceptors (Lipinski definition) is 3. The molecule has 0 heterocycles. The fourth-order valence-electron chi connectivity index (χ4n) is 0.602. The Hall–Kier alpha value is -0.840. The molecule has 0 aromatic rings. The zero-order valence-corrected chi connectivity index (χ0v) is 6.06. The first-order chi connectivity index (χ1) is 4.63. The minimum absolute atomic E-state index is 0.0293. The van der Waals surface area contributed by atoms with Crippen LogP contribution in [0.25, 0.3) is 0 Å². The van der Waals surface area contributed by atoms with Crippen LogP contribution in [0.2, 0.25) is 0 Å². The Morgan fingerprint density at radius 1 is 1.60 bits per heavy atom. The van der Waals surface area contributed by atoms with Gasteiger partial charge in [0.1, 0.15) is 6.61 Å². The Morgan fingerprint density at radius 3 is 2.20 bits per heavy atom. The van der Waals surface area contributed by atoms with E-state index in [1.165, 1.54) is 0 Å². The topological polar surface area (TPSA) is 78.9 Å². The first-order valence-electron chi connectivity index (χ1n) is 3.05. The minimum atomic E-state index is -0.648. The van der Waals surface area contributed by atoms with Gasteiger partial charge in [0.15, 0.2) is 5.28 Å². The van der Waals surface area contributed by atoms with E-state index in [1.54, 1.807) is 13.8 Å². The van der Waals surface area contributed by atoms with Gasteiger partial charge in [-0.2, -0.15) is 0 Å². The molecule has 2 N–H and O–H groups in total. The van der Waals surface area contributed by atoms with Crippen LogP contribution < -0.4 is 0 Å². The highest BCUT2D eigenvalue weighted by Gasteiger charge is 2.21. The van der Waals surface area contributed by atoms with Crippen LogP contribution in [0.15, 0.2) is 5.28 Å². The van der Waals surface area contributed by atoms with Crippen LogP contribution >= 0.6 is 0 Å². The number of rotatable bonds is 3. The number of hydroxylamine groups is 1. The second-order valence-electron chi connectivity index (χ2n) is 2.39. The van der Waals surface area contributed by atoms with Gasteiger partial charge in [-0.05, 0) is 0 Å². The Kier molecular flexibility index (Phi) is 3.71. The molecule has 0 aliphatic rings. The molecule has 5 nitrogen and oxygen atoms in total. The van der Waals surface area contributed by atoms with Gasteiger partial charge in [0.25, 0.3) is 0 Å². The highest BCUT2D eigenvalue weighted by molar-refractivity contribution is 4.56. The lowest BCUT2D eigenvalue weighted by atomic mass is 10.1. The quantitative estimate of drug-likeness (QED) is 0.344. The lowest BCUT2D eigenvalue weighted by Crippen LogP contribution is -2.29. The van der Waals surface area contributed by atoms with Crippen molar-refractivity contribution in [2.75, 3.05) is 6.61 Å². The molecule has 1 unspecified atom stereocenters. The van der Waals surface area contributed by atoms with Gasteiger partial charge in [-0.3, -0.25) is 0 Å². The average molecular weight is 148 g/mol. The predicted octanol–water partition coefficient (Wildman–Crippen LogP) is 0.355. The second-order valence-corrected chi connectivity index (χ2v) is 2.39. The van der Waals surface area contributed by atoms with Crippen molar-refractivity contribution in [3.63, 3.8) is 0 Å². The van der Waals surface area contributed by atoms with Crippen LogP contribution in [-0.2, 0) is 0 Å². The number of hydrogen-bond donors (Lipinski definition) is 2. The maximum Gasteiger partial charge on any atom is 0.218 e. The Morgan fingerprint density at radius 2 is 2.10 bits per heavy atom. The van der Waals surface area contributed by atoms with Crippen LogP contribution in [0.3, 0.4) is 0 Å². The average Bonchev–Trinajstić information content (AvgIpc) is 1.88. The molecular formula is C5H12N2O3. The molecule has 0 aliphatic heterocycles. The largest absolute Gasteiger partial charge is 0.597 e. The van der Waals surface area contributed by atoms with E-state index in [2.05, 4.69) is 5.28 Å². The van der Waals surface area contributed by atoms with Crippen molar-refractivity contribution in [2.24, 2.45) is 11.2 Å². The third-order valence-electron chi connectivity index (χ3n) is 1.33. The Balaban J connectivity index is 4.07. The third-order valence-corrected chi connectivity index (χ3v) is 1.33. The molecule has 0 fully saturated rings. The van der Waals surface area contributed by atoms with Gasteiger partial charge in [-0.25, -0.2) is 0 Å². The molecule has 0 rings (SSSR count). The van der Waals surface area contributed by atoms with Gasteiger partial charge in [-0.15, -0.1) is 0 Å². The lowest BCUT2D eigenvalue weighted by Gasteiger charge is -2.12. The third kappa shape index (κ3) is 2.18. The highest BCUT2D eigenvalue weighted by Crippen LogP contribution is 2.04. The lowest BCUT2D eigenvalue weighted by molar-refractivity contribution is -0.600. The van der Waals surface area contributed by atoms with Crippen molar-refractivity contribution in [2.45, 2.75) is 19.9 Å². The van der Waals surface area contributed by atoms with E-state index in [0.717, 1.165) is 0 Å². The molecule has 0 bridgehead atoms. The molecule has 0 aromatic carbocycles. The molecular weight excluding hydrogens is 136 g/mol. The summed E-state index contributed by atoms with van der Waals surface area (Å²) in [6, 6.07) is -0.648. The van der Waals surface area contributed by atoms with Gasteiger partial charge in [0, 0.05) is 5.92 Å². The summed E-state index contributed by atoms with van der Waals surface area (Å²) < 4.78 is 0. The fraction of sp³-hybridized carbons (Fsp3) is 1.00. The van der Waals surface area contributed by atoms with E-state index in [-0.39, 0.29) is 17.4 Å². The Labute approximate surface area is 59.1 Å². The molecule has 0 aromatic heterocycles. The normalized spacial score (nSPS) is 15.8. The number of aliphatic hydroxyl groups excluding tert-OH is 1. The van der Waals surface area contributed by atoms with Crippen molar-refractivity contribution in [3.8, 4) is 0 Å². The van der Waals surface area contributed by atoms with Crippen LogP contribution in [0.5, 0.6) is 0 Å². The molecule has 60 valence electrons. The zero-order valence-electron chi connectivity index (χ0n) is 6.06. The fourth-order valence-corrected chi connectivity index (χ4v) is 0.602.